The quantitative estimate of drug-likeness (QED) is 0.788. The Morgan fingerprint density at radius 3 is 2.60 bits per heavy atom. The maximum absolute atomic E-state index is 5.82. The fraction of sp³-hybridized carbons (Fsp3) is 0.182. The van der Waals surface area contributed by atoms with Gasteiger partial charge in [0.15, 0.2) is 3.83 Å². The van der Waals surface area contributed by atoms with E-state index in [1.54, 1.807) is 0 Å². The van der Waals surface area contributed by atoms with Crippen LogP contribution in [-0.2, 0) is 13.0 Å². The van der Waals surface area contributed by atoms with Crippen molar-refractivity contribution in [3.8, 4) is 0 Å². The van der Waals surface area contributed by atoms with E-state index < -0.39 is 0 Å². The third kappa shape index (κ3) is 2.95. The van der Waals surface area contributed by atoms with Crippen molar-refractivity contribution in [1.29, 1.82) is 0 Å². The lowest BCUT2D eigenvalue weighted by atomic mass is 10.1. The van der Waals surface area contributed by atoms with Crippen molar-refractivity contribution in [2.75, 3.05) is 0 Å². The van der Waals surface area contributed by atoms with Crippen LogP contribution in [0, 0.1) is 3.83 Å². The summed E-state index contributed by atoms with van der Waals surface area (Å²) in [5.41, 5.74) is 1.30. The van der Waals surface area contributed by atoms with E-state index >= 15 is 0 Å². The average molecular weight is 333 g/mol. The third-order valence-electron chi connectivity index (χ3n) is 2.22. The van der Waals surface area contributed by atoms with Gasteiger partial charge in [0.25, 0.3) is 0 Å². The standard InChI is InChI=1S/C11H10ClIN2/c12-10-3-1-9(2-4-10)5-7-15-8-6-14-11(15)13/h1-4,6,8H,5,7H2. The zero-order chi connectivity index (χ0) is 10.7. The van der Waals surface area contributed by atoms with Crippen LogP contribution in [0.25, 0.3) is 0 Å². The molecule has 2 nitrogen and oxygen atoms in total. The Morgan fingerprint density at radius 1 is 1.27 bits per heavy atom. The summed E-state index contributed by atoms with van der Waals surface area (Å²) < 4.78 is 3.16. The van der Waals surface area contributed by atoms with E-state index in [1.165, 1.54) is 5.56 Å². The Morgan fingerprint density at radius 2 is 2.00 bits per heavy atom. The Labute approximate surface area is 107 Å². The minimum absolute atomic E-state index is 0.788. The molecule has 0 fully saturated rings. The normalized spacial score (nSPS) is 10.5. The van der Waals surface area contributed by atoms with Crippen LogP contribution in [-0.4, -0.2) is 9.55 Å². The SMILES string of the molecule is Clc1ccc(CCn2ccnc2I)cc1. The van der Waals surface area contributed by atoms with Crippen molar-refractivity contribution in [2.24, 2.45) is 0 Å². The maximum atomic E-state index is 5.82. The van der Waals surface area contributed by atoms with Gasteiger partial charge in [0.1, 0.15) is 0 Å². The molecule has 1 heterocycles. The van der Waals surface area contributed by atoms with Gasteiger partial charge in [-0.05, 0) is 46.7 Å². The molecule has 2 aromatic rings. The molecule has 0 bridgehead atoms. The summed E-state index contributed by atoms with van der Waals surface area (Å²) in [6.07, 6.45) is 4.82. The van der Waals surface area contributed by atoms with Crippen molar-refractivity contribution in [3.63, 3.8) is 0 Å². The molecule has 0 atom stereocenters. The van der Waals surface area contributed by atoms with Gasteiger partial charge in [-0.25, -0.2) is 4.98 Å². The Balaban J connectivity index is 1.99. The van der Waals surface area contributed by atoms with Crippen LogP contribution in [0.5, 0.6) is 0 Å². The summed E-state index contributed by atoms with van der Waals surface area (Å²) in [7, 11) is 0. The molecular weight excluding hydrogens is 322 g/mol. The first-order valence-electron chi connectivity index (χ1n) is 4.67. The van der Waals surface area contributed by atoms with E-state index in [0.717, 1.165) is 21.8 Å². The molecule has 0 saturated heterocycles. The molecule has 0 spiro atoms. The highest BCUT2D eigenvalue weighted by Crippen LogP contribution is 2.11. The van der Waals surface area contributed by atoms with E-state index in [4.69, 9.17) is 11.6 Å². The largest absolute Gasteiger partial charge is 0.326 e. The highest BCUT2D eigenvalue weighted by atomic mass is 127. The minimum Gasteiger partial charge on any atom is -0.326 e. The molecule has 15 heavy (non-hydrogen) atoms. The maximum Gasteiger partial charge on any atom is 0.171 e. The van der Waals surface area contributed by atoms with Crippen LogP contribution in [0.4, 0.5) is 0 Å². The molecule has 4 heteroatoms. The molecule has 0 saturated carbocycles. The minimum atomic E-state index is 0.788. The van der Waals surface area contributed by atoms with Crippen LogP contribution in [0.1, 0.15) is 5.56 Å². The number of rotatable bonds is 3. The van der Waals surface area contributed by atoms with Gasteiger partial charge in [0.2, 0.25) is 0 Å². The van der Waals surface area contributed by atoms with E-state index in [2.05, 4.69) is 44.3 Å². The lowest BCUT2D eigenvalue weighted by Gasteiger charge is -2.04. The van der Waals surface area contributed by atoms with Crippen LogP contribution in [0.15, 0.2) is 36.7 Å². The van der Waals surface area contributed by atoms with Gasteiger partial charge in [0.05, 0.1) is 0 Å². The lowest BCUT2D eigenvalue weighted by molar-refractivity contribution is 0.678. The lowest BCUT2D eigenvalue weighted by Crippen LogP contribution is -2.02. The summed E-state index contributed by atoms with van der Waals surface area (Å²) in [6, 6.07) is 7.98. The Kier molecular flexibility index (Phi) is 3.64. The Bertz CT molecular complexity index is 436. The zero-order valence-electron chi connectivity index (χ0n) is 8.03. The molecular formula is C11H10ClIN2. The Hall–Kier alpha value is -0.550. The predicted molar refractivity (Wildman–Crippen MR) is 70.1 cm³/mol. The first-order valence-corrected chi connectivity index (χ1v) is 6.12. The molecule has 0 unspecified atom stereocenters. The first kappa shape index (κ1) is 11.0. The molecule has 0 N–H and O–H groups in total. The molecule has 0 amide bonds. The fourth-order valence-corrected chi connectivity index (χ4v) is 2.07. The van der Waals surface area contributed by atoms with Gasteiger partial charge < -0.3 is 4.57 Å². The highest BCUT2D eigenvalue weighted by Gasteiger charge is 1.98. The summed E-state index contributed by atoms with van der Waals surface area (Å²) in [5, 5.41) is 0.788. The molecule has 1 aromatic heterocycles. The number of hydrogen-bond acceptors (Lipinski definition) is 1. The molecule has 0 aliphatic heterocycles. The number of halogens is 2. The molecule has 0 aliphatic rings. The number of nitrogens with zero attached hydrogens (tertiary/aromatic N) is 2. The number of aryl methyl sites for hydroxylation is 2. The second-order valence-electron chi connectivity index (χ2n) is 3.27. The van der Waals surface area contributed by atoms with Gasteiger partial charge in [-0.3, -0.25) is 0 Å². The van der Waals surface area contributed by atoms with Crippen molar-refractivity contribution in [2.45, 2.75) is 13.0 Å². The molecule has 0 aliphatic carbocycles. The van der Waals surface area contributed by atoms with Crippen LogP contribution >= 0.6 is 34.2 Å². The second kappa shape index (κ2) is 4.99. The fourth-order valence-electron chi connectivity index (χ4n) is 1.38. The second-order valence-corrected chi connectivity index (χ2v) is 4.67. The highest BCUT2D eigenvalue weighted by molar-refractivity contribution is 14.1. The summed E-state index contributed by atoms with van der Waals surface area (Å²) >= 11 is 8.05. The van der Waals surface area contributed by atoms with Gasteiger partial charge in [0, 0.05) is 24.0 Å². The van der Waals surface area contributed by atoms with Gasteiger partial charge in [-0.1, -0.05) is 23.7 Å². The smallest absolute Gasteiger partial charge is 0.171 e. The van der Waals surface area contributed by atoms with Crippen LogP contribution in [0.2, 0.25) is 5.02 Å². The van der Waals surface area contributed by atoms with Crippen LogP contribution < -0.4 is 0 Å². The van der Waals surface area contributed by atoms with E-state index in [1.807, 2.05) is 24.5 Å². The molecule has 2 rings (SSSR count). The van der Waals surface area contributed by atoms with Crippen molar-refractivity contribution in [3.05, 3.63) is 51.1 Å². The predicted octanol–water partition coefficient (Wildman–Crippen LogP) is 3.38. The number of benzene rings is 1. The summed E-state index contributed by atoms with van der Waals surface area (Å²) in [4.78, 5) is 4.17. The van der Waals surface area contributed by atoms with Gasteiger partial charge >= 0.3 is 0 Å². The van der Waals surface area contributed by atoms with Crippen molar-refractivity contribution in [1.82, 2.24) is 9.55 Å². The monoisotopic (exact) mass is 332 g/mol. The topological polar surface area (TPSA) is 17.8 Å². The van der Waals surface area contributed by atoms with Gasteiger partial charge in [-0.15, -0.1) is 0 Å². The number of aromatic nitrogens is 2. The molecule has 0 radical (unpaired) electrons. The van der Waals surface area contributed by atoms with E-state index in [-0.39, 0.29) is 0 Å². The summed E-state index contributed by atoms with van der Waals surface area (Å²) in [6.45, 7) is 0.958. The number of hydrogen-bond donors (Lipinski definition) is 0. The third-order valence-corrected chi connectivity index (χ3v) is 3.37. The average Bonchev–Trinajstić information content (AvgIpc) is 2.63. The zero-order valence-corrected chi connectivity index (χ0v) is 10.9. The van der Waals surface area contributed by atoms with Crippen molar-refractivity contribution < 1.29 is 0 Å². The molecule has 1 aromatic carbocycles. The van der Waals surface area contributed by atoms with Gasteiger partial charge in [-0.2, -0.15) is 0 Å². The van der Waals surface area contributed by atoms with Crippen LogP contribution in [0.3, 0.4) is 0 Å². The number of imidazole rings is 1. The van der Waals surface area contributed by atoms with E-state index in [0.29, 0.717) is 0 Å². The first-order chi connectivity index (χ1) is 7.25. The van der Waals surface area contributed by atoms with E-state index in [9.17, 15) is 0 Å². The summed E-state index contributed by atoms with van der Waals surface area (Å²) in [5.74, 6) is 0. The molecule has 78 valence electrons. The van der Waals surface area contributed by atoms with Crippen molar-refractivity contribution >= 4 is 34.2 Å².